The predicted octanol–water partition coefficient (Wildman–Crippen LogP) is 6.07. The third-order valence-corrected chi connectivity index (χ3v) is 4.78. The molecule has 102 valence electrons. The minimum absolute atomic E-state index is 0.578. The number of fused-ring (bicyclic) bond motifs is 1. The largest absolute Gasteiger partial charge is 0.329 e. The molecule has 20 heavy (non-hydrogen) atoms. The maximum absolute atomic E-state index is 6.23. The van der Waals surface area contributed by atoms with E-state index in [2.05, 4.69) is 20.9 Å². The van der Waals surface area contributed by atoms with Gasteiger partial charge in [0.1, 0.15) is 0 Å². The van der Waals surface area contributed by atoms with Crippen LogP contribution < -0.4 is 0 Å². The van der Waals surface area contributed by atoms with Crippen molar-refractivity contribution in [2.45, 2.75) is 6.92 Å². The summed E-state index contributed by atoms with van der Waals surface area (Å²) in [6.45, 7) is 1.96. The molecule has 3 rings (SSSR count). The van der Waals surface area contributed by atoms with E-state index < -0.39 is 0 Å². The van der Waals surface area contributed by atoms with Crippen LogP contribution in [0.3, 0.4) is 0 Å². The highest BCUT2D eigenvalue weighted by Crippen LogP contribution is 2.32. The van der Waals surface area contributed by atoms with E-state index in [1.54, 1.807) is 0 Å². The van der Waals surface area contributed by atoms with Gasteiger partial charge < -0.3 is 4.98 Å². The SMILES string of the molecule is Cc1cc(Br)c(-n2c(=S)[nH]c3c(Cl)cccc32)cc1Cl. The molecule has 2 aromatic carbocycles. The number of halogens is 3. The summed E-state index contributed by atoms with van der Waals surface area (Å²) in [5, 5.41) is 1.34. The summed E-state index contributed by atoms with van der Waals surface area (Å²) in [4.78, 5) is 3.14. The molecule has 1 heterocycles. The lowest BCUT2D eigenvalue weighted by molar-refractivity contribution is 1.05. The monoisotopic (exact) mass is 386 g/mol. The number of nitrogens with zero attached hydrogens (tertiary/aromatic N) is 1. The first-order valence-corrected chi connectivity index (χ1v) is 7.80. The van der Waals surface area contributed by atoms with Gasteiger partial charge in [-0.2, -0.15) is 0 Å². The first kappa shape index (κ1) is 14.1. The average Bonchev–Trinajstić information content (AvgIpc) is 2.72. The highest BCUT2D eigenvalue weighted by atomic mass is 79.9. The minimum atomic E-state index is 0.578. The highest BCUT2D eigenvalue weighted by molar-refractivity contribution is 9.10. The average molecular weight is 388 g/mol. The van der Waals surface area contributed by atoms with Gasteiger partial charge in [-0.1, -0.05) is 29.3 Å². The molecule has 0 bridgehead atoms. The first-order valence-electron chi connectivity index (χ1n) is 5.84. The van der Waals surface area contributed by atoms with E-state index in [4.69, 9.17) is 35.4 Å². The topological polar surface area (TPSA) is 20.7 Å². The van der Waals surface area contributed by atoms with Crippen LogP contribution in [0, 0.1) is 11.7 Å². The second kappa shape index (κ2) is 5.19. The van der Waals surface area contributed by atoms with Gasteiger partial charge in [0.15, 0.2) is 4.77 Å². The van der Waals surface area contributed by atoms with Gasteiger partial charge in [0.05, 0.1) is 21.7 Å². The number of rotatable bonds is 1. The van der Waals surface area contributed by atoms with Crippen LogP contribution in [-0.2, 0) is 0 Å². The van der Waals surface area contributed by atoms with E-state index in [9.17, 15) is 0 Å². The molecule has 1 aromatic heterocycles. The smallest absolute Gasteiger partial charge is 0.182 e. The van der Waals surface area contributed by atoms with Crippen molar-refractivity contribution in [3.05, 3.63) is 55.2 Å². The van der Waals surface area contributed by atoms with Gasteiger partial charge >= 0.3 is 0 Å². The Morgan fingerprint density at radius 3 is 2.70 bits per heavy atom. The summed E-state index contributed by atoms with van der Waals surface area (Å²) in [5.74, 6) is 0. The summed E-state index contributed by atoms with van der Waals surface area (Å²) in [6.07, 6.45) is 0. The molecule has 3 aromatic rings. The Labute approximate surface area is 139 Å². The number of benzene rings is 2. The van der Waals surface area contributed by atoms with Crippen LogP contribution >= 0.6 is 51.3 Å². The Bertz CT molecular complexity index is 883. The number of H-pyrrole nitrogens is 1. The van der Waals surface area contributed by atoms with Gasteiger partial charge in [-0.15, -0.1) is 0 Å². The Morgan fingerprint density at radius 1 is 1.20 bits per heavy atom. The number of imidazole rings is 1. The molecule has 0 saturated heterocycles. The van der Waals surface area contributed by atoms with Crippen molar-refractivity contribution in [2.75, 3.05) is 0 Å². The third-order valence-electron chi connectivity index (χ3n) is 3.14. The van der Waals surface area contributed by atoms with E-state index in [0.29, 0.717) is 14.8 Å². The summed E-state index contributed by atoms with van der Waals surface area (Å²) in [5.41, 5.74) is 3.64. The van der Waals surface area contributed by atoms with Gasteiger partial charge in [0, 0.05) is 9.50 Å². The van der Waals surface area contributed by atoms with Gasteiger partial charge in [-0.05, 0) is 64.9 Å². The molecule has 0 saturated carbocycles. The predicted molar refractivity (Wildman–Crippen MR) is 90.9 cm³/mol. The van der Waals surface area contributed by atoms with Crippen molar-refractivity contribution in [3.8, 4) is 5.69 Å². The van der Waals surface area contributed by atoms with E-state index in [1.165, 1.54) is 0 Å². The molecule has 0 radical (unpaired) electrons. The number of para-hydroxylation sites is 1. The number of nitrogens with one attached hydrogen (secondary N) is 1. The van der Waals surface area contributed by atoms with E-state index in [-0.39, 0.29) is 0 Å². The third kappa shape index (κ3) is 2.21. The number of aromatic nitrogens is 2. The van der Waals surface area contributed by atoms with Crippen LogP contribution in [0.25, 0.3) is 16.7 Å². The summed E-state index contributed by atoms with van der Waals surface area (Å²) in [7, 11) is 0. The molecule has 0 aliphatic heterocycles. The van der Waals surface area contributed by atoms with Crippen LogP contribution in [-0.4, -0.2) is 9.55 Å². The Hall–Kier alpha value is -0.810. The zero-order valence-corrected chi connectivity index (χ0v) is 14.3. The van der Waals surface area contributed by atoms with Crippen molar-refractivity contribution in [1.29, 1.82) is 0 Å². The molecule has 0 atom stereocenters. The molecule has 0 aliphatic carbocycles. The summed E-state index contributed by atoms with van der Waals surface area (Å²) < 4.78 is 3.43. The minimum Gasteiger partial charge on any atom is -0.329 e. The fraction of sp³-hybridized carbons (Fsp3) is 0.0714. The second-order valence-corrected chi connectivity index (χ2v) is 6.51. The number of aromatic amines is 1. The normalized spacial score (nSPS) is 11.2. The molecule has 0 unspecified atom stereocenters. The van der Waals surface area contributed by atoms with Gasteiger partial charge in [0.25, 0.3) is 0 Å². The maximum atomic E-state index is 6.23. The van der Waals surface area contributed by atoms with Crippen LogP contribution in [0.1, 0.15) is 5.56 Å². The van der Waals surface area contributed by atoms with Crippen molar-refractivity contribution in [2.24, 2.45) is 0 Å². The van der Waals surface area contributed by atoms with E-state index in [0.717, 1.165) is 26.8 Å². The van der Waals surface area contributed by atoms with Crippen molar-refractivity contribution in [3.63, 3.8) is 0 Å². The van der Waals surface area contributed by atoms with Crippen molar-refractivity contribution >= 4 is 62.4 Å². The highest BCUT2D eigenvalue weighted by Gasteiger charge is 2.12. The van der Waals surface area contributed by atoms with Crippen molar-refractivity contribution in [1.82, 2.24) is 9.55 Å². The van der Waals surface area contributed by atoms with Gasteiger partial charge in [-0.25, -0.2) is 0 Å². The molecule has 0 spiro atoms. The number of hydrogen-bond acceptors (Lipinski definition) is 1. The lowest BCUT2D eigenvalue weighted by Gasteiger charge is -2.10. The molecule has 6 heteroatoms. The van der Waals surface area contributed by atoms with Crippen LogP contribution in [0.2, 0.25) is 10.0 Å². The molecule has 2 nitrogen and oxygen atoms in total. The maximum Gasteiger partial charge on any atom is 0.182 e. The molecular weight excluding hydrogens is 379 g/mol. The van der Waals surface area contributed by atoms with Gasteiger partial charge in [-0.3, -0.25) is 4.57 Å². The summed E-state index contributed by atoms with van der Waals surface area (Å²) >= 11 is 21.4. The van der Waals surface area contributed by atoms with Gasteiger partial charge in [0.2, 0.25) is 0 Å². The quantitative estimate of drug-likeness (QED) is 0.502. The zero-order valence-electron chi connectivity index (χ0n) is 10.4. The Kier molecular flexibility index (Phi) is 3.67. The molecule has 0 aliphatic rings. The van der Waals surface area contributed by atoms with Crippen LogP contribution in [0.15, 0.2) is 34.8 Å². The molecule has 0 amide bonds. The second-order valence-electron chi connectivity index (χ2n) is 4.45. The van der Waals surface area contributed by atoms with Crippen molar-refractivity contribution < 1.29 is 0 Å². The zero-order chi connectivity index (χ0) is 14.4. The number of aryl methyl sites for hydroxylation is 1. The lowest BCUT2D eigenvalue weighted by atomic mass is 10.2. The molecule has 1 N–H and O–H groups in total. The fourth-order valence-corrected chi connectivity index (χ4v) is 3.45. The molecular formula is C14H9BrCl2N2S. The van der Waals surface area contributed by atoms with Crippen LogP contribution in [0.4, 0.5) is 0 Å². The molecule has 0 fully saturated rings. The Balaban J connectivity index is 2.41. The van der Waals surface area contributed by atoms with E-state index >= 15 is 0 Å². The lowest BCUT2D eigenvalue weighted by Crippen LogP contribution is -1.96. The van der Waals surface area contributed by atoms with Crippen LogP contribution in [0.5, 0.6) is 0 Å². The fourth-order valence-electron chi connectivity index (χ4n) is 2.14. The standard InChI is InChI=1S/C14H9BrCl2N2S/c1-7-5-8(15)12(6-10(7)17)19-11-4-2-3-9(16)13(11)18-14(19)20/h2-6H,1H3,(H,18,20). The number of hydrogen-bond donors (Lipinski definition) is 1. The first-order chi connectivity index (χ1) is 9.49. The Morgan fingerprint density at radius 2 is 1.95 bits per heavy atom. The summed E-state index contributed by atoms with van der Waals surface area (Å²) in [6, 6.07) is 9.56. The van der Waals surface area contributed by atoms with E-state index in [1.807, 2.05) is 41.8 Å².